The first kappa shape index (κ1) is 49.4. The van der Waals surface area contributed by atoms with E-state index in [4.69, 9.17) is 11.5 Å². The lowest BCUT2D eigenvalue weighted by Gasteiger charge is -2.58. The minimum Gasteiger partial charge on any atom is -0.343 e. The zero-order chi connectivity index (χ0) is 41.9. The number of nitrogens with zero attached hydrogens (tertiary/aromatic N) is 1. The molecule has 0 heterocycles. The highest BCUT2D eigenvalue weighted by atomic mass is 33.1. The molecule has 3 saturated carbocycles. The summed E-state index contributed by atoms with van der Waals surface area (Å²) < 4.78 is 0. The van der Waals surface area contributed by atoms with Gasteiger partial charge in [0.1, 0.15) is 0 Å². The molecule has 3 fully saturated rings. The van der Waals surface area contributed by atoms with Crippen molar-refractivity contribution in [3.05, 3.63) is 11.6 Å². The molecule has 57 heavy (non-hydrogen) atoms. The topological polar surface area (TPSA) is 84.4 Å². The van der Waals surface area contributed by atoms with E-state index in [9.17, 15) is 4.79 Å². The Hall–Kier alpha value is -0.210. The summed E-state index contributed by atoms with van der Waals surface area (Å²) in [5, 5.41) is 4.29. The van der Waals surface area contributed by atoms with Crippen molar-refractivity contribution in [2.24, 2.45) is 63.7 Å². The van der Waals surface area contributed by atoms with Gasteiger partial charge in [-0.15, -0.1) is 0 Å². The third-order valence-electron chi connectivity index (χ3n) is 17.8. The highest BCUT2D eigenvalue weighted by Gasteiger charge is 2.59. The summed E-state index contributed by atoms with van der Waals surface area (Å²) >= 11 is 0. The zero-order valence-electron chi connectivity index (χ0n) is 39.2. The van der Waals surface area contributed by atoms with Crippen LogP contribution in [0.5, 0.6) is 0 Å². The van der Waals surface area contributed by atoms with E-state index in [0.29, 0.717) is 28.4 Å². The zero-order valence-corrected chi connectivity index (χ0v) is 40.8. The van der Waals surface area contributed by atoms with Gasteiger partial charge in [0.25, 0.3) is 0 Å². The fourth-order valence-corrected chi connectivity index (χ4v) is 15.4. The summed E-state index contributed by atoms with van der Waals surface area (Å²) in [7, 11) is 4.05. The van der Waals surface area contributed by atoms with E-state index in [0.717, 1.165) is 125 Å². The molecule has 0 aliphatic heterocycles. The van der Waals surface area contributed by atoms with Crippen molar-refractivity contribution in [2.75, 3.05) is 31.9 Å². The largest absolute Gasteiger partial charge is 0.343 e. The third kappa shape index (κ3) is 12.7. The molecule has 0 aromatic heterocycles. The fourth-order valence-electron chi connectivity index (χ4n) is 12.7. The van der Waals surface area contributed by atoms with Crippen LogP contribution >= 0.6 is 21.6 Å². The second-order valence-electron chi connectivity index (χ2n) is 21.0. The Labute approximate surface area is 362 Å². The second kappa shape index (κ2) is 22.8. The molecule has 0 aromatic carbocycles. The van der Waals surface area contributed by atoms with Crippen molar-refractivity contribution in [1.82, 2.24) is 10.2 Å². The number of allylic oxidation sites excluding steroid dienone is 2. The highest BCUT2D eigenvalue weighted by molar-refractivity contribution is 8.76. The van der Waals surface area contributed by atoms with Crippen LogP contribution in [0, 0.1) is 52.3 Å². The van der Waals surface area contributed by atoms with Crippen LogP contribution in [0.2, 0.25) is 0 Å². The molecule has 1 amide bonds. The summed E-state index contributed by atoms with van der Waals surface area (Å²) in [5.74, 6) is 7.43. The molecule has 0 saturated heterocycles. The number of nitrogens with one attached hydrogen (secondary N) is 1. The number of nitrogens with two attached hydrogens (primary N) is 2. The summed E-state index contributed by atoms with van der Waals surface area (Å²) in [6.45, 7) is 27.6. The van der Waals surface area contributed by atoms with Crippen LogP contribution in [0.3, 0.4) is 0 Å². The number of hydrogen-bond acceptors (Lipinski definition) is 6. The molecule has 0 aromatic rings. The average Bonchev–Trinajstić information content (AvgIpc) is 3.57. The highest BCUT2D eigenvalue weighted by Crippen LogP contribution is 2.68. The lowest BCUT2D eigenvalue weighted by atomic mass is 9.47. The Morgan fingerprint density at radius 3 is 2.25 bits per heavy atom. The molecular formula is C50H94N4OS2. The summed E-state index contributed by atoms with van der Waals surface area (Å²) in [6, 6.07) is 0. The van der Waals surface area contributed by atoms with Gasteiger partial charge >= 0.3 is 0 Å². The monoisotopic (exact) mass is 831 g/mol. The van der Waals surface area contributed by atoms with Crippen molar-refractivity contribution >= 4 is 27.5 Å². The van der Waals surface area contributed by atoms with Crippen molar-refractivity contribution in [2.45, 2.75) is 214 Å². The Morgan fingerprint density at radius 2 is 1.58 bits per heavy atom. The van der Waals surface area contributed by atoms with Gasteiger partial charge in [-0.1, -0.05) is 115 Å². The van der Waals surface area contributed by atoms with Crippen molar-refractivity contribution in [3.8, 4) is 0 Å². The molecule has 4 aliphatic carbocycles. The van der Waals surface area contributed by atoms with E-state index in [1.54, 1.807) is 5.57 Å². The Bertz CT molecular complexity index is 1230. The van der Waals surface area contributed by atoms with Crippen LogP contribution in [0.25, 0.3) is 0 Å². The smallest absolute Gasteiger partial charge is 0.223 e. The molecule has 5 nitrogen and oxygen atoms in total. The molecule has 5 N–H and O–H groups in total. The Kier molecular flexibility index (Phi) is 19.7. The fraction of sp³-hybridized carbons (Fsp3) is 0.940. The molecule has 9 atom stereocenters. The minimum absolute atomic E-state index is 0.0456. The summed E-state index contributed by atoms with van der Waals surface area (Å²) in [5.41, 5.74) is 15.7. The van der Waals surface area contributed by atoms with Gasteiger partial charge in [-0.05, 0) is 174 Å². The Balaban J connectivity index is 1.24. The van der Waals surface area contributed by atoms with E-state index in [-0.39, 0.29) is 11.1 Å². The molecule has 4 rings (SSSR count). The number of unbranched alkanes of at least 4 members (excludes halogenated alkanes) is 1. The molecule has 0 radical (unpaired) electrons. The standard InChI is InChI=1S/C50H94N4OS2/c1-11-39(37(6)7)19-18-38(8)43-22-23-44-42-21-20-40-36-41(24-27-47(40,9)45(42)25-28-48(43,44)10)57-56-35-26-46(55)54(34-30-50(52,14-4)15-5)33-17-16-31-53-32-29-49(51,12-2)13-3/h20,37-39,41-45,53H,11-19,21-36,51-52H2,1-10H3/t38-,39-,41+,42+,43-,44+,45+,47+,48-/m1/s1. The van der Waals surface area contributed by atoms with Gasteiger partial charge in [0, 0.05) is 41.6 Å². The van der Waals surface area contributed by atoms with Gasteiger partial charge in [0.05, 0.1) is 0 Å². The van der Waals surface area contributed by atoms with Gasteiger partial charge in [-0.2, -0.15) is 0 Å². The predicted octanol–water partition coefficient (Wildman–Crippen LogP) is 12.8. The van der Waals surface area contributed by atoms with E-state index in [1.165, 1.54) is 70.6 Å². The van der Waals surface area contributed by atoms with Gasteiger partial charge < -0.3 is 21.7 Å². The van der Waals surface area contributed by atoms with Crippen LogP contribution in [0.1, 0.15) is 198 Å². The third-order valence-corrected chi connectivity index (χ3v) is 20.7. The van der Waals surface area contributed by atoms with Gasteiger partial charge in [-0.25, -0.2) is 0 Å². The molecule has 332 valence electrons. The number of fused-ring (bicyclic) bond motifs is 5. The molecular weight excluding hydrogens is 737 g/mol. The maximum Gasteiger partial charge on any atom is 0.223 e. The molecule has 0 spiro atoms. The van der Waals surface area contributed by atoms with E-state index in [2.05, 4.69) is 96.3 Å². The van der Waals surface area contributed by atoms with Crippen LogP contribution < -0.4 is 16.8 Å². The summed E-state index contributed by atoms with van der Waals surface area (Å²) in [6.07, 6.45) is 26.7. The molecule has 4 aliphatic rings. The molecule has 7 heteroatoms. The second-order valence-corrected chi connectivity index (χ2v) is 23.8. The van der Waals surface area contributed by atoms with Crippen LogP contribution in [0.4, 0.5) is 0 Å². The first-order valence-electron chi connectivity index (χ1n) is 24.7. The quantitative estimate of drug-likeness (QED) is 0.0457. The molecule has 0 bridgehead atoms. The number of carbonyl (C=O) groups is 1. The Morgan fingerprint density at radius 1 is 0.877 bits per heavy atom. The number of rotatable bonds is 26. The van der Waals surface area contributed by atoms with Crippen molar-refractivity contribution in [1.29, 1.82) is 0 Å². The predicted molar refractivity (Wildman–Crippen MR) is 254 cm³/mol. The average molecular weight is 831 g/mol. The van der Waals surface area contributed by atoms with Gasteiger partial charge in [-0.3, -0.25) is 4.79 Å². The lowest BCUT2D eigenvalue weighted by molar-refractivity contribution is -0.131. The summed E-state index contributed by atoms with van der Waals surface area (Å²) in [4.78, 5) is 15.8. The first-order chi connectivity index (χ1) is 27.1. The van der Waals surface area contributed by atoms with E-state index in [1.807, 2.05) is 10.8 Å². The number of amides is 1. The SMILES string of the molecule is CC[C@H](CC[C@@H](C)[C@H]1CC[C@H]2[C@@H]3CC=C4C[C@@H](SSCCC(=O)N(CCCCNCCC(N)(CC)CC)CCC(N)(CC)CC)CC[C@]4(C)[C@H]3CC[C@]12C)C(C)C. The number of carbonyl (C=O) groups excluding carboxylic acids is 1. The maximum atomic E-state index is 13.7. The maximum absolute atomic E-state index is 13.7. The first-order valence-corrected chi connectivity index (χ1v) is 27.0. The van der Waals surface area contributed by atoms with Crippen molar-refractivity contribution < 1.29 is 4.79 Å². The van der Waals surface area contributed by atoms with E-state index >= 15 is 0 Å². The minimum atomic E-state index is -0.178. The number of hydrogen-bond donors (Lipinski definition) is 3. The van der Waals surface area contributed by atoms with Crippen LogP contribution in [0.15, 0.2) is 11.6 Å². The normalized spacial score (nSPS) is 30.1. The lowest BCUT2D eigenvalue weighted by Crippen LogP contribution is -2.50. The molecule has 0 unspecified atom stereocenters. The van der Waals surface area contributed by atoms with Crippen molar-refractivity contribution in [3.63, 3.8) is 0 Å². The van der Waals surface area contributed by atoms with Crippen LogP contribution in [-0.4, -0.2) is 59.1 Å². The van der Waals surface area contributed by atoms with Crippen LogP contribution in [-0.2, 0) is 4.79 Å². The van der Waals surface area contributed by atoms with E-state index < -0.39 is 0 Å². The van der Waals surface area contributed by atoms with Gasteiger partial charge in [0.15, 0.2) is 0 Å². The van der Waals surface area contributed by atoms with Gasteiger partial charge in [0.2, 0.25) is 5.91 Å².